The normalized spacial score (nSPS) is 15.7. The number of hydrogen-bond donors (Lipinski definition) is 1. The highest BCUT2D eigenvalue weighted by atomic mass is 35.5. The minimum Gasteiger partial charge on any atom is -0.454 e. The number of rotatable bonds is 5. The van der Waals surface area contributed by atoms with E-state index in [1.165, 1.54) is 6.07 Å². The maximum absolute atomic E-state index is 12.0. The summed E-state index contributed by atoms with van der Waals surface area (Å²) in [5.41, 5.74) is 1.11. The van der Waals surface area contributed by atoms with Gasteiger partial charge in [0.2, 0.25) is 5.82 Å². The first-order chi connectivity index (χ1) is 13.9. The van der Waals surface area contributed by atoms with E-state index in [0.717, 1.165) is 0 Å². The molecule has 0 bridgehead atoms. The van der Waals surface area contributed by atoms with Crippen molar-refractivity contribution in [1.29, 1.82) is 0 Å². The van der Waals surface area contributed by atoms with Crippen LogP contribution < -0.4 is 4.72 Å². The number of nitrogens with zero attached hydrogens (tertiary/aromatic N) is 3. The number of aromatic nitrogens is 2. The molecule has 2 aromatic carbocycles. The molecule has 0 aliphatic carbocycles. The molecule has 0 amide bonds. The molecular weight excluding hydrogens is 420 g/mol. The summed E-state index contributed by atoms with van der Waals surface area (Å²) in [5, 5.41) is 4.40. The monoisotopic (exact) mass is 432 g/mol. The Kier molecular flexibility index (Phi) is 5.03. The highest BCUT2D eigenvalue weighted by Gasteiger charge is 2.30. The van der Waals surface area contributed by atoms with Crippen LogP contribution in [-0.4, -0.2) is 36.9 Å². The summed E-state index contributed by atoms with van der Waals surface area (Å²) in [7, 11) is -3.66. The minimum atomic E-state index is -3.66. The van der Waals surface area contributed by atoms with E-state index in [2.05, 4.69) is 19.9 Å². The first-order valence-electron chi connectivity index (χ1n) is 8.33. The fourth-order valence-corrected chi connectivity index (χ4v) is 3.99. The summed E-state index contributed by atoms with van der Waals surface area (Å²) in [6, 6.07) is 13.2. The van der Waals surface area contributed by atoms with Gasteiger partial charge in [-0.05, 0) is 36.4 Å². The summed E-state index contributed by atoms with van der Waals surface area (Å²) in [6.45, 7) is -0.600. The molecule has 0 unspecified atom stereocenters. The quantitative estimate of drug-likeness (QED) is 0.612. The molecule has 0 saturated carbocycles. The van der Waals surface area contributed by atoms with Gasteiger partial charge in [-0.15, -0.1) is 0 Å². The molecule has 0 spiro atoms. The summed E-state index contributed by atoms with van der Waals surface area (Å²) < 4.78 is 36.4. The van der Waals surface area contributed by atoms with Gasteiger partial charge in [-0.25, -0.2) is 8.42 Å². The average molecular weight is 433 g/mol. The molecule has 0 atom stereocenters. The average Bonchev–Trinajstić information content (AvgIpc) is 3.28. The van der Waals surface area contributed by atoms with Crippen LogP contribution in [0, 0.1) is 0 Å². The molecule has 0 saturated heterocycles. The van der Waals surface area contributed by atoms with Crippen molar-refractivity contribution in [1.82, 2.24) is 14.9 Å². The Morgan fingerprint density at radius 3 is 2.72 bits per heavy atom. The smallest absolute Gasteiger partial charge is 0.328 e. The number of benzene rings is 2. The second-order valence-corrected chi connectivity index (χ2v) is 8.03. The Bertz CT molecular complexity index is 1200. The van der Waals surface area contributed by atoms with Crippen LogP contribution in [0.1, 0.15) is 11.5 Å². The Labute approximate surface area is 170 Å². The second kappa shape index (κ2) is 7.64. The molecule has 1 aliphatic heterocycles. The number of aliphatic imine (C=N–C) groups is 1. The Balaban J connectivity index is 1.37. The maximum Gasteiger partial charge on any atom is 0.328 e. The van der Waals surface area contributed by atoms with Crippen molar-refractivity contribution in [2.45, 2.75) is 11.5 Å². The topological polar surface area (TPSA) is 124 Å². The molecule has 148 valence electrons. The van der Waals surface area contributed by atoms with Crippen molar-refractivity contribution >= 4 is 33.4 Å². The lowest BCUT2D eigenvalue weighted by molar-refractivity contribution is -0.143. The number of carbonyl (C=O) groups is 1. The van der Waals surface area contributed by atoms with Crippen LogP contribution in [0.2, 0.25) is 5.02 Å². The van der Waals surface area contributed by atoms with E-state index in [0.29, 0.717) is 22.0 Å². The van der Waals surface area contributed by atoms with E-state index >= 15 is 0 Å². The zero-order valence-corrected chi connectivity index (χ0v) is 16.3. The molecule has 1 N–H and O–H groups in total. The lowest BCUT2D eigenvalue weighted by atomic mass is 10.2. The molecule has 3 aromatic rings. The van der Waals surface area contributed by atoms with Crippen LogP contribution in [0.5, 0.6) is 0 Å². The predicted molar refractivity (Wildman–Crippen MR) is 103 cm³/mol. The number of ether oxygens (including phenoxy) is 1. The van der Waals surface area contributed by atoms with E-state index in [1.807, 2.05) is 0 Å². The first-order valence-corrected chi connectivity index (χ1v) is 10.2. The van der Waals surface area contributed by atoms with E-state index < -0.39 is 16.0 Å². The van der Waals surface area contributed by atoms with Crippen LogP contribution in [0.4, 0.5) is 0 Å². The van der Waals surface area contributed by atoms with Crippen molar-refractivity contribution in [3.05, 3.63) is 65.0 Å². The Morgan fingerprint density at radius 2 is 1.93 bits per heavy atom. The largest absolute Gasteiger partial charge is 0.454 e. The molecule has 1 aromatic heterocycles. The third-order valence-electron chi connectivity index (χ3n) is 3.96. The molecule has 2 heterocycles. The first kappa shape index (κ1) is 19.1. The SMILES string of the molecule is O=C(CN=C1NS(=O)(=O)c2ccccc21)OCc1nc(-c2ccc(Cl)cc2)no1. The van der Waals surface area contributed by atoms with E-state index in [1.54, 1.807) is 42.5 Å². The number of nitrogens with one attached hydrogen (secondary N) is 1. The lowest BCUT2D eigenvalue weighted by Crippen LogP contribution is -2.23. The molecular formula is C18H13ClN4O5S. The maximum atomic E-state index is 12.0. The minimum absolute atomic E-state index is 0.0976. The van der Waals surface area contributed by atoms with Gasteiger partial charge in [0.05, 0.1) is 4.90 Å². The zero-order chi connectivity index (χ0) is 20.4. The van der Waals surface area contributed by atoms with Gasteiger partial charge in [0.15, 0.2) is 6.61 Å². The van der Waals surface area contributed by atoms with Crippen LogP contribution in [0.25, 0.3) is 11.4 Å². The third-order valence-corrected chi connectivity index (χ3v) is 5.61. The number of sulfonamides is 1. The van der Waals surface area contributed by atoms with E-state index in [9.17, 15) is 13.2 Å². The van der Waals surface area contributed by atoms with Gasteiger partial charge in [0.25, 0.3) is 15.9 Å². The fourth-order valence-electron chi connectivity index (χ4n) is 2.61. The highest BCUT2D eigenvalue weighted by molar-refractivity contribution is 7.90. The number of halogens is 1. The predicted octanol–water partition coefficient (Wildman–Crippen LogP) is 2.17. The molecule has 0 radical (unpaired) electrons. The third kappa shape index (κ3) is 4.13. The van der Waals surface area contributed by atoms with Gasteiger partial charge in [0.1, 0.15) is 12.4 Å². The summed E-state index contributed by atoms with van der Waals surface area (Å²) in [4.78, 5) is 20.2. The van der Waals surface area contributed by atoms with Crippen molar-refractivity contribution in [2.75, 3.05) is 6.54 Å². The Morgan fingerprint density at radius 1 is 1.17 bits per heavy atom. The van der Waals surface area contributed by atoms with Crippen molar-refractivity contribution in [3.8, 4) is 11.4 Å². The van der Waals surface area contributed by atoms with Gasteiger partial charge < -0.3 is 9.26 Å². The number of hydrogen-bond acceptors (Lipinski definition) is 8. The van der Waals surface area contributed by atoms with Crippen LogP contribution in [0.15, 0.2) is 62.9 Å². The van der Waals surface area contributed by atoms with Gasteiger partial charge >= 0.3 is 5.97 Å². The number of fused-ring (bicyclic) bond motifs is 1. The van der Waals surface area contributed by atoms with Gasteiger partial charge in [-0.3, -0.25) is 14.5 Å². The standard InChI is InChI=1S/C18H13ClN4O5S/c19-12-7-5-11(6-8-12)17-21-15(28-22-17)10-27-16(24)9-20-18-13-3-1-2-4-14(13)29(25,26)23-18/h1-8H,9-10H2,(H,20,23). The van der Waals surface area contributed by atoms with Crippen LogP contribution in [0.3, 0.4) is 0 Å². The van der Waals surface area contributed by atoms with Crippen molar-refractivity contribution in [3.63, 3.8) is 0 Å². The summed E-state index contributed by atoms with van der Waals surface area (Å²) in [6.07, 6.45) is 0. The highest BCUT2D eigenvalue weighted by Crippen LogP contribution is 2.22. The van der Waals surface area contributed by atoms with Crippen molar-refractivity contribution in [2.24, 2.45) is 4.99 Å². The molecule has 11 heteroatoms. The molecule has 29 heavy (non-hydrogen) atoms. The van der Waals surface area contributed by atoms with Gasteiger partial charge in [-0.2, -0.15) is 4.98 Å². The fraction of sp³-hybridized carbons (Fsp3) is 0.111. The van der Waals surface area contributed by atoms with Crippen LogP contribution in [-0.2, 0) is 26.2 Å². The number of amidine groups is 1. The number of esters is 1. The number of carbonyl (C=O) groups excluding carboxylic acids is 1. The van der Waals surface area contributed by atoms with Gasteiger partial charge in [-0.1, -0.05) is 28.9 Å². The lowest BCUT2D eigenvalue weighted by Gasteiger charge is -2.00. The molecule has 9 nitrogen and oxygen atoms in total. The summed E-state index contributed by atoms with van der Waals surface area (Å²) in [5.74, 6) is -0.125. The molecule has 0 fully saturated rings. The molecule has 1 aliphatic rings. The van der Waals surface area contributed by atoms with E-state index in [4.69, 9.17) is 20.9 Å². The summed E-state index contributed by atoms with van der Waals surface area (Å²) >= 11 is 5.84. The molecule has 4 rings (SSSR count). The van der Waals surface area contributed by atoms with E-state index in [-0.39, 0.29) is 29.8 Å². The van der Waals surface area contributed by atoms with Gasteiger partial charge in [0, 0.05) is 16.1 Å². The zero-order valence-electron chi connectivity index (χ0n) is 14.7. The Hall–Kier alpha value is -3.24. The van der Waals surface area contributed by atoms with Crippen LogP contribution >= 0.6 is 11.6 Å². The second-order valence-electron chi connectivity index (χ2n) is 5.95. The van der Waals surface area contributed by atoms with Crippen molar-refractivity contribution < 1.29 is 22.5 Å².